The first kappa shape index (κ1) is 20.0. The standard InChI is InChI=1S/C20H25ClN6O2S/c21-16-13(2-1-12-17(16)24-5-8-29-12)30-19-18(23)26-15(9-25-19)27-6-3-20(4-7-27)11-28-10-14(20)22/h1-2,9,14,24H,3-8,10-11,22H2,(H2,23,26). The Balaban J connectivity index is 1.30. The maximum absolute atomic E-state index is 6.57. The number of nitrogens with zero attached hydrogens (tertiary/aromatic N) is 3. The maximum atomic E-state index is 6.57. The molecular weight excluding hydrogens is 424 g/mol. The van der Waals surface area contributed by atoms with E-state index < -0.39 is 0 Å². The third-order valence-electron chi connectivity index (χ3n) is 6.24. The number of fused-ring (bicyclic) bond motifs is 1. The Bertz CT molecular complexity index is 953. The number of nitrogens with one attached hydrogen (secondary N) is 1. The van der Waals surface area contributed by atoms with Gasteiger partial charge in [0.25, 0.3) is 0 Å². The number of hydrogen-bond donors (Lipinski definition) is 3. The van der Waals surface area contributed by atoms with Crippen molar-refractivity contribution in [2.24, 2.45) is 11.1 Å². The fourth-order valence-electron chi connectivity index (χ4n) is 4.33. The molecular formula is C20H25ClN6O2S. The Kier molecular flexibility index (Phi) is 5.30. The van der Waals surface area contributed by atoms with Crippen molar-refractivity contribution < 1.29 is 9.47 Å². The molecule has 1 aromatic carbocycles. The molecule has 5 N–H and O–H groups in total. The summed E-state index contributed by atoms with van der Waals surface area (Å²) < 4.78 is 11.2. The van der Waals surface area contributed by atoms with Gasteiger partial charge in [0.15, 0.2) is 5.82 Å². The van der Waals surface area contributed by atoms with Crippen LogP contribution in [-0.2, 0) is 4.74 Å². The molecule has 0 bridgehead atoms. The van der Waals surface area contributed by atoms with Gasteiger partial charge in [-0.2, -0.15) is 0 Å². The molecule has 30 heavy (non-hydrogen) atoms. The molecule has 0 saturated carbocycles. The lowest BCUT2D eigenvalue weighted by Crippen LogP contribution is -2.49. The highest BCUT2D eigenvalue weighted by Gasteiger charge is 2.44. The van der Waals surface area contributed by atoms with Crippen LogP contribution < -0.4 is 26.4 Å². The summed E-state index contributed by atoms with van der Waals surface area (Å²) in [5.41, 5.74) is 13.5. The molecule has 4 heterocycles. The van der Waals surface area contributed by atoms with Crippen molar-refractivity contribution in [3.05, 3.63) is 23.4 Å². The third-order valence-corrected chi connectivity index (χ3v) is 7.82. The van der Waals surface area contributed by atoms with Crippen molar-refractivity contribution in [1.82, 2.24) is 9.97 Å². The quantitative estimate of drug-likeness (QED) is 0.652. The van der Waals surface area contributed by atoms with Crippen LogP contribution in [0, 0.1) is 5.41 Å². The minimum Gasteiger partial charge on any atom is -0.490 e. The van der Waals surface area contributed by atoms with E-state index in [2.05, 4.69) is 20.2 Å². The van der Waals surface area contributed by atoms with Gasteiger partial charge in [-0.25, -0.2) is 9.97 Å². The largest absolute Gasteiger partial charge is 0.490 e. The number of piperidine rings is 1. The van der Waals surface area contributed by atoms with E-state index in [1.807, 2.05) is 12.1 Å². The maximum Gasteiger partial charge on any atom is 0.158 e. The topological polar surface area (TPSA) is 112 Å². The number of rotatable bonds is 3. The van der Waals surface area contributed by atoms with E-state index in [0.29, 0.717) is 29.1 Å². The van der Waals surface area contributed by atoms with Gasteiger partial charge in [-0.05, 0) is 25.0 Å². The second-order valence-corrected chi connectivity index (χ2v) is 9.43. The predicted molar refractivity (Wildman–Crippen MR) is 119 cm³/mol. The fourth-order valence-corrected chi connectivity index (χ4v) is 5.46. The number of hydrogen-bond acceptors (Lipinski definition) is 9. The summed E-state index contributed by atoms with van der Waals surface area (Å²) >= 11 is 7.98. The molecule has 3 aliphatic rings. The van der Waals surface area contributed by atoms with E-state index in [0.717, 1.165) is 61.2 Å². The highest BCUT2D eigenvalue weighted by molar-refractivity contribution is 7.99. The van der Waals surface area contributed by atoms with Crippen molar-refractivity contribution in [3.63, 3.8) is 0 Å². The van der Waals surface area contributed by atoms with Crippen LogP contribution in [-0.4, -0.2) is 55.5 Å². The second kappa shape index (κ2) is 7.96. The molecule has 0 radical (unpaired) electrons. The van der Waals surface area contributed by atoms with Gasteiger partial charge >= 0.3 is 0 Å². The Morgan fingerprint density at radius 2 is 2.13 bits per heavy atom. The Hall–Kier alpha value is -1.94. The lowest BCUT2D eigenvalue weighted by Gasteiger charge is -2.41. The van der Waals surface area contributed by atoms with Gasteiger partial charge in [0, 0.05) is 36.0 Å². The molecule has 1 aromatic heterocycles. The number of nitrogen functional groups attached to an aromatic ring is 1. The number of halogens is 1. The molecule has 160 valence electrons. The molecule has 2 saturated heterocycles. The van der Waals surface area contributed by atoms with Crippen molar-refractivity contribution >= 4 is 40.7 Å². The zero-order valence-corrected chi connectivity index (χ0v) is 18.1. The van der Waals surface area contributed by atoms with Crippen molar-refractivity contribution in [2.75, 3.05) is 55.4 Å². The number of anilines is 3. The molecule has 0 amide bonds. The lowest BCUT2D eigenvalue weighted by molar-refractivity contribution is 0.131. The average Bonchev–Trinajstić information content (AvgIpc) is 3.11. The molecule has 2 fully saturated rings. The zero-order chi connectivity index (χ0) is 20.7. The SMILES string of the molecule is Nc1nc(N2CCC3(CC2)COCC3N)cnc1Sc1ccc2c(c1Cl)NCCO2. The Morgan fingerprint density at radius 1 is 1.30 bits per heavy atom. The first-order chi connectivity index (χ1) is 14.6. The minimum atomic E-state index is 0.103. The number of nitrogens with two attached hydrogens (primary N) is 2. The first-order valence-electron chi connectivity index (χ1n) is 10.1. The van der Waals surface area contributed by atoms with Gasteiger partial charge in [-0.3, -0.25) is 0 Å². The molecule has 10 heteroatoms. The van der Waals surface area contributed by atoms with Gasteiger partial charge in [-0.15, -0.1) is 0 Å². The Labute approximate surface area is 184 Å². The smallest absolute Gasteiger partial charge is 0.158 e. The summed E-state index contributed by atoms with van der Waals surface area (Å²) in [6, 6.07) is 3.95. The van der Waals surface area contributed by atoms with E-state index in [-0.39, 0.29) is 11.5 Å². The average molecular weight is 449 g/mol. The number of aromatic nitrogens is 2. The van der Waals surface area contributed by atoms with E-state index >= 15 is 0 Å². The molecule has 3 aliphatic heterocycles. The lowest BCUT2D eigenvalue weighted by atomic mass is 9.75. The van der Waals surface area contributed by atoms with Crippen LogP contribution in [0.4, 0.5) is 17.3 Å². The van der Waals surface area contributed by atoms with Crippen LogP contribution in [0.15, 0.2) is 28.3 Å². The van der Waals surface area contributed by atoms with Crippen LogP contribution in [0.25, 0.3) is 0 Å². The highest BCUT2D eigenvalue weighted by atomic mass is 35.5. The fraction of sp³-hybridized carbons (Fsp3) is 0.500. The third kappa shape index (κ3) is 3.53. The predicted octanol–water partition coefficient (Wildman–Crippen LogP) is 2.61. The zero-order valence-electron chi connectivity index (χ0n) is 16.6. The summed E-state index contributed by atoms with van der Waals surface area (Å²) in [7, 11) is 0. The summed E-state index contributed by atoms with van der Waals surface area (Å²) in [6.45, 7) is 4.52. The monoisotopic (exact) mass is 448 g/mol. The van der Waals surface area contributed by atoms with Gasteiger partial charge in [0.2, 0.25) is 0 Å². The van der Waals surface area contributed by atoms with E-state index in [4.69, 9.17) is 32.5 Å². The van der Waals surface area contributed by atoms with Crippen LogP contribution in [0.1, 0.15) is 12.8 Å². The van der Waals surface area contributed by atoms with Crippen LogP contribution in [0.5, 0.6) is 5.75 Å². The molecule has 1 atom stereocenters. The van der Waals surface area contributed by atoms with Gasteiger partial charge in [0.05, 0.1) is 30.1 Å². The van der Waals surface area contributed by atoms with Crippen LogP contribution >= 0.6 is 23.4 Å². The first-order valence-corrected chi connectivity index (χ1v) is 11.3. The van der Waals surface area contributed by atoms with Gasteiger partial charge in [0.1, 0.15) is 23.2 Å². The number of benzene rings is 1. The summed E-state index contributed by atoms with van der Waals surface area (Å²) in [4.78, 5) is 12.3. The van der Waals surface area contributed by atoms with Gasteiger partial charge < -0.3 is 31.2 Å². The second-order valence-electron chi connectivity index (χ2n) is 8.02. The van der Waals surface area contributed by atoms with E-state index in [1.165, 1.54) is 11.8 Å². The molecule has 8 nitrogen and oxygen atoms in total. The molecule has 0 aliphatic carbocycles. The van der Waals surface area contributed by atoms with Crippen LogP contribution in [0.3, 0.4) is 0 Å². The summed E-state index contributed by atoms with van der Waals surface area (Å²) in [6.07, 6.45) is 3.77. The molecule has 2 aromatic rings. The Morgan fingerprint density at radius 3 is 2.87 bits per heavy atom. The van der Waals surface area contributed by atoms with E-state index in [9.17, 15) is 0 Å². The summed E-state index contributed by atoms with van der Waals surface area (Å²) in [5, 5.41) is 4.53. The minimum absolute atomic E-state index is 0.103. The normalized spacial score (nSPS) is 22.5. The molecule has 1 spiro atoms. The highest BCUT2D eigenvalue weighted by Crippen LogP contribution is 2.44. The van der Waals surface area contributed by atoms with Gasteiger partial charge in [-0.1, -0.05) is 23.4 Å². The molecule has 1 unspecified atom stereocenters. The van der Waals surface area contributed by atoms with Crippen molar-refractivity contribution in [3.8, 4) is 5.75 Å². The van der Waals surface area contributed by atoms with Crippen molar-refractivity contribution in [1.29, 1.82) is 0 Å². The van der Waals surface area contributed by atoms with Crippen LogP contribution in [0.2, 0.25) is 5.02 Å². The number of ether oxygens (including phenoxy) is 2. The summed E-state index contributed by atoms with van der Waals surface area (Å²) in [5.74, 6) is 1.96. The van der Waals surface area contributed by atoms with Crippen molar-refractivity contribution in [2.45, 2.75) is 28.8 Å². The molecule has 5 rings (SSSR count). The van der Waals surface area contributed by atoms with E-state index in [1.54, 1.807) is 6.20 Å².